The fourth-order valence-electron chi connectivity index (χ4n) is 1.90. The first-order valence-electron chi connectivity index (χ1n) is 7.31. The normalized spacial score (nSPS) is 10.3. The molecule has 0 aliphatic heterocycles. The van der Waals surface area contributed by atoms with Crippen LogP contribution in [0.2, 0.25) is 0 Å². The van der Waals surface area contributed by atoms with Crippen LogP contribution in [0.3, 0.4) is 0 Å². The molecule has 0 aromatic heterocycles. The summed E-state index contributed by atoms with van der Waals surface area (Å²) >= 11 is 5.75. The summed E-state index contributed by atoms with van der Waals surface area (Å²) in [6, 6.07) is 7.35. The third-order valence-corrected chi connectivity index (χ3v) is 3.17. The van der Waals surface area contributed by atoms with E-state index in [1.165, 1.54) is 0 Å². The highest BCUT2D eigenvalue weighted by molar-refractivity contribution is 6.18. The van der Waals surface area contributed by atoms with E-state index >= 15 is 0 Å². The van der Waals surface area contributed by atoms with Crippen molar-refractivity contribution in [2.75, 3.05) is 25.6 Å². The average Bonchev–Trinajstić information content (AvgIpc) is 2.47. The van der Waals surface area contributed by atoms with E-state index < -0.39 is 0 Å². The number of halogens is 1. The predicted molar refractivity (Wildman–Crippen MR) is 83.8 cm³/mol. The summed E-state index contributed by atoms with van der Waals surface area (Å²) in [7, 11) is 0. The fourth-order valence-corrected chi connectivity index (χ4v) is 2.10. The molecule has 1 aromatic rings. The number of amides is 1. The van der Waals surface area contributed by atoms with Crippen LogP contribution in [0.1, 0.15) is 43.5 Å². The first-order chi connectivity index (χ1) is 9.72. The van der Waals surface area contributed by atoms with E-state index in [9.17, 15) is 4.79 Å². The van der Waals surface area contributed by atoms with Crippen LogP contribution in [-0.4, -0.2) is 36.4 Å². The summed E-state index contributed by atoms with van der Waals surface area (Å²) < 4.78 is 5.59. The van der Waals surface area contributed by atoms with Gasteiger partial charge in [-0.1, -0.05) is 20.3 Å². The number of benzene rings is 1. The van der Waals surface area contributed by atoms with Crippen LogP contribution in [0.15, 0.2) is 24.3 Å². The van der Waals surface area contributed by atoms with Gasteiger partial charge in [0.1, 0.15) is 5.75 Å². The zero-order valence-electron chi connectivity index (χ0n) is 12.4. The van der Waals surface area contributed by atoms with Gasteiger partial charge >= 0.3 is 0 Å². The molecule has 0 fully saturated rings. The molecule has 0 saturated heterocycles. The lowest BCUT2D eigenvalue weighted by molar-refractivity contribution is 0.0765. The summed E-state index contributed by atoms with van der Waals surface area (Å²) in [5.41, 5.74) is 0.686. The Morgan fingerprint density at radius 3 is 2.40 bits per heavy atom. The molecule has 112 valence electrons. The number of carbonyl (C=O) groups is 1. The third kappa shape index (κ3) is 5.41. The Balaban J connectivity index is 2.63. The van der Waals surface area contributed by atoms with E-state index in [0.29, 0.717) is 18.0 Å². The molecule has 1 rings (SSSR count). The molecular weight excluding hydrogens is 274 g/mol. The van der Waals surface area contributed by atoms with Crippen LogP contribution in [-0.2, 0) is 0 Å². The van der Waals surface area contributed by atoms with Crippen LogP contribution < -0.4 is 4.74 Å². The minimum atomic E-state index is 0.0348. The zero-order chi connectivity index (χ0) is 14.8. The number of alkyl halides is 1. The van der Waals surface area contributed by atoms with Gasteiger partial charge in [-0.3, -0.25) is 4.79 Å². The molecule has 0 N–H and O–H groups in total. The van der Waals surface area contributed by atoms with Gasteiger partial charge in [0.05, 0.1) is 6.61 Å². The van der Waals surface area contributed by atoms with Crippen molar-refractivity contribution in [3.63, 3.8) is 0 Å². The van der Waals surface area contributed by atoms with E-state index in [0.717, 1.165) is 38.2 Å². The molecule has 0 unspecified atom stereocenters. The van der Waals surface area contributed by atoms with Gasteiger partial charge in [-0.05, 0) is 37.1 Å². The van der Waals surface area contributed by atoms with Crippen molar-refractivity contribution < 1.29 is 9.53 Å². The molecule has 4 heteroatoms. The topological polar surface area (TPSA) is 29.5 Å². The SMILES string of the molecule is CCCCOc1ccc(C(=O)N(CCC)CCCl)cc1. The molecule has 0 radical (unpaired) electrons. The number of nitrogens with zero attached hydrogens (tertiary/aromatic N) is 1. The second-order valence-electron chi connectivity index (χ2n) is 4.71. The minimum Gasteiger partial charge on any atom is -0.494 e. The highest BCUT2D eigenvalue weighted by Gasteiger charge is 2.14. The Hall–Kier alpha value is -1.22. The number of hydrogen-bond donors (Lipinski definition) is 0. The highest BCUT2D eigenvalue weighted by Crippen LogP contribution is 2.14. The monoisotopic (exact) mass is 297 g/mol. The van der Waals surface area contributed by atoms with Crippen molar-refractivity contribution >= 4 is 17.5 Å². The van der Waals surface area contributed by atoms with Gasteiger partial charge < -0.3 is 9.64 Å². The maximum Gasteiger partial charge on any atom is 0.253 e. The third-order valence-electron chi connectivity index (χ3n) is 3.00. The van der Waals surface area contributed by atoms with Gasteiger partial charge in [0.2, 0.25) is 0 Å². The van der Waals surface area contributed by atoms with Gasteiger partial charge in [0.25, 0.3) is 5.91 Å². The van der Waals surface area contributed by atoms with Crippen LogP contribution in [0.4, 0.5) is 0 Å². The summed E-state index contributed by atoms with van der Waals surface area (Å²) in [6.07, 6.45) is 3.09. The van der Waals surface area contributed by atoms with Gasteiger partial charge in [-0.25, -0.2) is 0 Å². The predicted octanol–water partition coefficient (Wildman–Crippen LogP) is 3.96. The minimum absolute atomic E-state index is 0.0348. The lowest BCUT2D eigenvalue weighted by Gasteiger charge is -2.21. The number of hydrogen-bond acceptors (Lipinski definition) is 2. The smallest absolute Gasteiger partial charge is 0.253 e. The number of ether oxygens (including phenoxy) is 1. The standard InChI is InChI=1S/C16H24ClNO2/c1-3-5-13-20-15-8-6-14(7-9-15)16(19)18(11-4-2)12-10-17/h6-9H,3-5,10-13H2,1-2H3. The zero-order valence-corrected chi connectivity index (χ0v) is 13.2. The molecular formula is C16H24ClNO2. The van der Waals surface area contributed by atoms with Crippen molar-refractivity contribution in [1.29, 1.82) is 0 Å². The van der Waals surface area contributed by atoms with Crippen molar-refractivity contribution in [1.82, 2.24) is 4.90 Å². The van der Waals surface area contributed by atoms with Crippen molar-refractivity contribution in [3.05, 3.63) is 29.8 Å². The number of carbonyl (C=O) groups excluding carboxylic acids is 1. The molecule has 1 aromatic carbocycles. The number of unbranched alkanes of at least 4 members (excludes halogenated alkanes) is 1. The summed E-state index contributed by atoms with van der Waals surface area (Å²) in [6.45, 7) is 6.23. The van der Waals surface area contributed by atoms with E-state index in [4.69, 9.17) is 16.3 Å². The Morgan fingerprint density at radius 2 is 1.85 bits per heavy atom. The lowest BCUT2D eigenvalue weighted by atomic mass is 10.2. The molecule has 1 amide bonds. The lowest BCUT2D eigenvalue weighted by Crippen LogP contribution is -2.33. The molecule has 0 aliphatic rings. The Labute approximate surface area is 126 Å². The Morgan fingerprint density at radius 1 is 1.15 bits per heavy atom. The molecule has 20 heavy (non-hydrogen) atoms. The van der Waals surface area contributed by atoms with Gasteiger partial charge in [-0.15, -0.1) is 11.6 Å². The van der Waals surface area contributed by atoms with E-state index in [2.05, 4.69) is 13.8 Å². The Bertz CT molecular complexity index is 386. The highest BCUT2D eigenvalue weighted by atomic mass is 35.5. The molecule has 0 saturated carbocycles. The molecule has 3 nitrogen and oxygen atoms in total. The molecule has 0 heterocycles. The fraction of sp³-hybridized carbons (Fsp3) is 0.562. The second-order valence-corrected chi connectivity index (χ2v) is 5.09. The summed E-state index contributed by atoms with van der Waals surface area (Å²) in [5.74, 6) is 1.31. The average molecular weight is 298 g/mol. The maximum absolute atomic E-state index is 12.3. The van der Waals surface area contributed by atoms with Crippen LogP contribution in [0.5, 0.6) is 5.75 Å². The van der Waals surface area contributed by atoms with Gasteiger partial charge in [0, 0.05) is 24.5 Å². The summed E-state index contributed by atoms with van der Waals surface area (Å²) in [5, 5.41) is 0. The van der Waals surface area contributed by atoms with Crippen molar-refractivity contribution in [2.45, 2.75) is 33.1 Å². The second kappa shape index (κ2) is 9.65. The van der Waals surface area contributed by atoms with E-state index in [-0.39, 0.29) is 5.91 Å². The van der Waals surface area contributed by atoms with E-state index in [1.54, 1.807) is 4.90 Å². The van der Waals surface area contributed by atoms with Crippen molar-refractivity contribution in [2.24, 2.45) is 0 Å². The summed E-state index contributed by atoms with van der Waals surface area (Å²) in [4.78, 5) is 14.1. The molecule has 0 spiro atoms. The number of rotatable bonds is 9. The first-order valence-corrected chi connectivity index (χ1v) is 7.84. The molecule has 0 bridgehead atoms. The molecule has 0 atom stereocenters. The van der Waals surface area contributed by atoms with Crippen LogP contribution >= 0.6 is 11.6 Å². The van der Waals surface area contributed by atoms with Gasteiger partial charge in [0.15, 0.2) is 0 Å². The largest absolute Gasteiger partial charge is 0.494 e. The quantitative estimate of drug-likeness (QED) is 0.510. The van der Waals surface area contributed by atoms with Gasteiger partial charge in [-0.2, -0.15) is 0 Å². The molecule has 0 aliphatic carbocycles. The van der Waals surface area contributed by atoms with Crippen LogP contribution in [0, 0.1) is 0 Å². The van der Waals surface area contributed by atoms with Crippen molar-refractivity contribution in [3.8, 4) is 5.75 Å². The Kier molecular flexibility index (Phi) is 8.12. The van der Waals surface area contributed by atoms with Crippen LogP contribution in [0.25, 0.3) is 0 Å². The maximum atomic E-state index is 12.3. The first kappa shape index (κ1) is 16.8. The van der Waals surface area contributed by atoms with E-state index in [1.807, 2.05) is 24.3 Å².